The number of hydrogen-bond donors (Lipinski definition) is 0. The van der Waals surface area contributed by atoms with E-state index in [1.165, 1.54) is 4.70 Å². The lowest BCUT2D eigenvalue weighted by atomic mass is 10.3. The first-order chi connectivity index (χ1) is 6.24. The zero-order valence-corrected chi connectivity index (χ0v) is 9.47. The number of nitrogens with zero attached hydrogens (tertiary/aromatic N) is 1. The highest BCUT2D eigenvalue weighted by Gasteiger charge is 2.05. The van der Waals surface area contributed by atoms with Gasteiger partial charge in [0.05, 0.1) is 15.2 Å². The third kappa shape index (κ3) is 1.41. The van der Waals surface area contributed by atoms with Crippen molar-refractivity contribution in [3.8, 4) is 0 Å². The van der Waals surface area contributed by atoms with Crippen molar-refractivity contribution in [3.05, 3.63) is 27.2 Å². The highest BCUT2D eigenvalue weighted by atomic mass is 35.5. The second kappa shape index (κ2) is 3.40. The van der Waals surface area contributed by atoms with Crippen molar-refractivity contribution in [3.63, 3.8) is 0 Å². The fraction of sp³-hybridized carbons (Fsp3) is 0.222. The van der Waals surface area contributed by atoms with Gasteiger partial charge in [0, 0.05) is 6.54 Å². The molecular weight excluding hydrogens is 222 g/mol. The van der Waals surface area contributed by atoms with E-state index in [9.17, 15) is 0 Å². The Morgan fingerprint density at radius 2 is 2.31 bits per heavy atom. The molecule has 0 spiro atoms. The molecule has 13 heavy (non-hydrogen) atoms. The second-order valence-electron chi connectivity index (χ2n) is 2.70. The smallest absolute Gasteiger partial charge is 0.162 e. The quantitative estimate of drug-likeness (QED) is 0.667. The summed E-state index contributed by atoms with van der Waals surface area (Å²) >= 11 is 12.9. The largest absolute Gasteiger partial charge is 0.322 e. The van der Waals surface area contributed by atoms with E-state index >= 15 is 0 Å². The molecule has 0 fully saturated rings. The highest BCUT2D eigenvalue weighted by Crippen LogP contribution is 2.28. The molecule has 1 heterocycles. The zero-order chi connectivity index (χ0) is 9.42. The molecule has 0 saturated heterocycles. The number of aryl methyl sites for hydroxylation is 1. The van der Waals surface area contributed by atoms with Crippen LogP contribution in [0.25, 0.3) is 10.2 Å². The molecule has 1 aromatic heterocycles. The van der Waals surface area contributed by atoms with Gasteiger partial charge in [-0.3, -0.25) is 0 Å². The Morgan fingerprint density at radius 3 is 3.00 bits per heavy atom. The third-order valence-corrected chi connectivity index (χ3v) is 3.67. The Bertz CT molecular complexity index is 498. The number of para-hydroxylation sites is 1. The minimum atomic E-state index is 0.784. The van der Waals surface area contributed by atoms with Gasteiger partial charge in [-0.2, -0.15) is 0 Å². The number of thiazole rings is 1. The Hall–Kier alpha value is -0.380. The topological polar surface area (TPSA) is 4.93 Å². The summed E-state index contributed by atoms with van der Waals surface area (Å²) in [4.78, 5) is 0. The van der Waals surface area contributed by atoms with E-state index in [1.54, 1.807) is 11.3 Å². The molecule has 2 aromatic rings. The Labute approximate surface area is 90.6 Å². The van der Waals surface area contributed by atoms with Gasteiger partial charge in [0.15, 0.2) is 3.95 Å². The van der Waals surface area contributed by atoms with Crippen LogP contribution in [0.4, 0.5) is 0 Å². The summed E-state index contributed by atoms with van der Waals surface area (Å²) in [5, 5.41) is 0.784. The normalized spacial score (nSPS) is 10.9. The van der Waals surface area contributed by atoms with Crippen molar-refractivity contribution in [2.75, 3.05) is 0 Å². The van der Waals surface area contributed by atoms with E-state index in [1.807, 2.05) is 18.2 Å². The summed E-state index contributed by atoms with van der Waals surface area (Å²) in [6.45, 7) is 2.95. The van der Waals surface area contributed by atoms with Crippen molar-refractivity contribution < 1.29 is 0 Å². The number of fused-ring (bicyclic) bond motifs is 1. The van der Waals surface area contributed by atoms with Gasteiger partial charge in [-0.25, -0.2) is 0 Å². The molecule has 0 amide bonds. The molecule has 0 N–H and O–H groups in total. The van der Waals surface area contributed by atoms with Crippen molar-refractivity contribution in [1.82, 2.24) is 4.57 Å². The lowest BCUT2D eigenvalue weighted by Crippen LogP contribution is -1.92. The molecule has 0 bridgehead atoms. The Kier molecular flexibility index (Phi) is 2.41. The van der Waals surface area contributed by atoms with Gasteiger partial charge < -0.3 is 4.57 Å². The molecule has 0 aliphatic heterocycles. The number of benzene rings is 1. The van der Waals surface area contributed by atoms with Crippen LogP contribution in [0.5, 0.6) is 0 Å². The van der Waals surface area contributed by atoms with Crippen LogP contribution in [0.3, 0.4) is 0 Å². The average molecular weight is 230 g/mol. The second-order valence-corrected chi connectivity index (χ2v) is 4.78. The molecular formula is C9H8ClNS2. The van der Waals surface area contributed by atoms with Crippen LogP contribution in [-0.2, 0) is 6.54 Å². The lowest BCUT2D eigenvalue weighted by molar-refractivity contribution is 0.794. The summed E-state index contributed by atoms with van der Waals surface area (Å²) < 4.78 is 4.13. The number of rotatable bonds is 1. The predicted octanol–water partition coefficient (Wildman–Crippen LogP) is 4.11. The van der Waals surface area contributed by atoms with E-state index in [4.69, 9.17) is 23.8 Å². The van der Waals surface area contributed by atoms with Gasteiger partial charge in [-0.15, -0.1) is 11.3 Å². The maximum atomic E-state index is 6.09. The minimum absolute atomic E-state index is 0.784. The van der Waals surface area contributed by atoms with Crippen molar-refractivity contribution in [2.24, 2.45) is 0 Å². The molecule has 0 atom stereocenters. The highest BCUT2D eigenvalue weighted by molar-refractivity contribution is 7.73. The fourth-order valence-corrected chi connectivity index (χ4v) is 3.17. The van der Waals surface area contributed by atoms with Crippen molar-refractivity contribution in [1.29, 1.82) is 0 Å². The molecule has 0 aliphatic carbocycles. The van der Waals surface area contributed by atoms with Crippen LogP contribution < -0.4 is 0 Å². The first kappa shape index (κ1) is 9.19. The molecule has 1 nitrogen and oxygen atoms in total. The van der Waals surface area contributed by atoms with E-state index in [0.29, 0.717) is 0 Å². The van der Waals surface area contributed by atoms with Gasteiger partial charge in [-0.05, 0) is 31.3 Å². The molecule has 1 aromatic carbocycles. The minimum Gasteiger partial charge on any atom is -0.322 e. The van der Waals surface area contributed by atoms with E-state index in [-0.39, 0.29) is 0 Å². The Balaban J connectivity index is 2.96. The fourth-order valence-electron chi connectivity index (χ4n) is 1.37. The van der Waals surface area contributed by atoms with E-state index < -0.39 is 0 Å². The van der Waals surface area contributed by atoms with Crippen LogP contribution in [0, 0.1) is 3.95 Å². The van der Waals surface area contributed by atoms with Gasteiger partial charge in [0.25, 0.3) is 0 Å². The van der Waals surface area contributed by atoms with Crippen LogP contribution in [-0.4, -0.2) is 4.57 Å². The molecule has 68 valence electrons. The SMILES string of the molecule is CCn1c(=S)sc2cccc(Cl)c21. The van der Waals surface area contributed by atoms with Crippen LogP contribution >= 0.6 is 35.2 Å². The van der Waals surface area contributed by atoms with Crippen LogP contribution in [0.15, 0.2) is 18.2 Å². The van der Waals surface area contributed by atoms with Crippen molar-refractivity contribution in [2.45, 2.75) is 13.5 Å². The van der Waals surface area contributed by atoms with E-state index in [0.717, 1.165) is 21.0 Å². The van der Waals surface area contributed by atoms with Gasteiger partial charge in [-0.1, -0.05) is 17.7 Å². The standard InChI is InChI=1S/C9H8ClNS2/c1-2-11-8-6(10)4-3-5-7(8)13-9(11)12/h3-5H,2H2,1H3. The van der Waals surface area contributed by atoms with Gasteiger partial charge in [0.2, 0.25) is 0 Å². The molecule has 0 radical (unpaired) electrons. The van der Waals surface area contributed by atoms with Crippen molar-refractivity contribution >= 4 is 45.4 Å². The average Bonchev–Trinajstić information content (AvgIpc) is 2.42. The first-order valence-electron chi connectivity index (χ1n) is 4.02. The Morgan fingerprint density at radius 1 is 1.54 bits per heavy atom. The molecule has 4 heteroatoms. The molecule has 0 unspecified atom stereocenters. The summed E-state index contributed by atoms with van der Waals surface area (Å²) in [7, 11) is 0. The summed E-state index contributed by atoms with van der Waals surface area (Å²) in [6, 6.07) is 5.90. The monoisotopic (exact) mass is 229 g/mol. The summed E-state index contributed by atoms with van der Waals surface area (Å²) in [5.41, 5.74) is 1.07. The number of halogens is 1. The number of aromatic nitrogens is 1. The maximum absolute atomic E-state index is 6.09. The summed E-state index contributed by atoms with van der Waals surface area (Å²) in [5.74, 6) is 0. The van der Waals surface area contributed by atoms with Gasteiger partial charge in [0.1, 0.15) is 0 Å². The zero-order valence-electron chi connectivity index (χ0n) is 7.08. The molecule has 2 rings (SSSR count). The third-order valence-electron chi connectivity index (χ3n) is 1.95. The van der Waals surface area contributed by atoms with Gasteiger partial charge >= 0.3 is 0 Å². The number of hydrogen-bond acceptors (Lipinski definition) is 2. The maximum Gasteiger partial charge on any atom is 0.162 e. The summed E-state index contributed by atoms with van der Waals surface area (Å²) in [6.07, 6.45) is 0. The molecule has 0 saturated carbocycles. The van der Waals surface area contributed by atoms with Crippen LogP contribution in [0.2, 0.25) is 5.02 Å². The predicted molar refractivity (Wildman–Crippen MR) is 61.3 cm³/mol. The van der Waals surface area contributed by atoms with Crippen LogP contribution in [0.1, 0.15) is 6.92 Å². The first-order valence-corrected chi connectivity index (χ1v) is 5.62. The van der Waals surface area contributed by atoms with E-state index in [2.05, 4.69) is 11.5 Å². The molecule has 0 aliphatic rings. The lowest BCUT2D eigenvalue weighted by Gasteiger charge is -2.00.